The molecule has 1 aromatic heterocycles. The number of benzene rings is 1. The molecule has 0 spiro atoms. The van der Waals surface area contributed by atoms with Crippen LogP contribution >= 0.6 is 11.3 Å². The van der Waals surface area contributed by atoms with Gasteiger partial charge in [0.1, 0.15) is 5.78 Å². The van der Waals surface area contributed by atoms with Crippen LogP contribution in [0.5, 0.6) is 0 Å². The monoisotopic (exact) mass is 409 g/mol. The summed E-state index contributed by atoms with van der Waals surface area (Å²) < 4.78 is 1.34. The molecule has 3 rings (SSSR count). The molecule has 0 bridgehead atoms. The Hall–Kier alpha value is -2.20. The molecule has 1 unspecified atom stereocenters. The summed E-state index contributed by atoms with van der Waals surface area (Å²) in [5, 5.41) is 4.13. The molecule has 1 amide bonds. The van der Waals surface area contributed by atoms with Gasteiger partial charge in [0, 0.05) is 34.9 Å². The van der Waals surface area contributed by atoms with Crippen LogP contribution in [0.4, 0.5) is 0 Å². The second kappa shape index (κ2) is 11.1. The van der Waals surface area contributed by atoms with Crippen LogP contribution in [0.3, 0.4) is 0 Å². The highest BCUT2D eigenvalue weighted by molar-refractivity contribution is 7.19. The lowest BCUT2D eigenvalue weighted by molar-refractivity contribution is -0.121. The first-order chi connectivity index (χ1) is 14.2. The van der Waals surface area contributed by atoms with Crippen LogP contribution in [0.1, 0.15) is 50.3 Å². The average Bonchev–Trinajstić information content (AvgIpc) is 3.28. The molecular formula is C25H31NO2S. The fourth-order valence-electron chi connectivity index (χ4n) is 3.99. The first-order valence-corrected chi connectivity index (χ1v) is 11.6. The second-order valence-corrected chi connectivity index (χ2v) is 8.88. The Bertz CT molecular complexity index is 847. The van der Waals surface area contributed by atoms with Crippen LogP contribution in [0, 0.1) is 11.8 Å². The molecule has 0 saturated heterocycles. The maximum Gasteiger partial charge on any atom is 0.219 e. The summed E-state index contributed by atoms with van der Waals surface area (Å²) in [5.41, 5.74) is 0. The SMILES string of the molecule is CCNC(=O)CCC/C=C\C[C@H]1C(=O)CCC1/C=C/Cc1cc2ccccc2s1. The van der Waals surface area contributed by atoms with E-state index in [-0.39, 0.29) is 11.8 Å². The normalized spacial score (nSPS) is 19.7. The number of hydrogen-bond acceptors (Lipinski definition) is 3. The molecule has 2 aromatic rings. The first kappa shape index (κ1) is 21.5. The number of hydrogen-bond donors (Lipinski definition) is 1. The van der Waals surface area contributed by atoms with Gasteiger partial charge in [0.05, 0.1) is 0 Å². The van der Waals surface area contributed by atoms with Crippen LogP contribution in [0.2, 0.25) is 0 Å². The van der Waals surface area contributed by atoms with Crippen LogP contribution < -0.4 is 5.32 Å². The molecule has 4 heteroatoms. The zero-order chi connectivity index (χ0) is 20.5. The van der Waals surface area contributed by atoms with Crippen LogP contribution in [-0.4, -0.2) is 18.2 Å². The summed E-state index contributed by atoms with van der Waals surface area (Å²) in [6.07, 6.45) is 14.5. The van der Waals surface area contributed by atoms with Crippen molar-refractivity contribution >= 4 is 33.1 Å². The van der Waals surface area contributed by atoms with Crippen LogP contribution in [0.15, 0.2) is 54.6 Å². The number of fused-ring (bicyclic) bond motifs is 1. The molecule has 1 heterocycles. The van der Waals surface area contributed by atoms with Crippen molar-refractivity contribution in [3.8, 4) is 0 Å². The van der Waals surface area contributed by atoms with E-state index >= 15 is 0 Å². The summed E-state index contributed by atoms with van der Waals surface area (Å²) in [4.78, 5) is 25.1. The fourth-order valence-corrected chi connectivity index (χ4v) is 5.03. The minimum atomic E-state index is 0.119. The second-order valence-electron chi connectivity index (χ2n) is 7.71. The fraction of sp³-hybridized carbons (Fsp3) is 0.440. The van der Waals surface area contributed by atoms with E-state index in [2.05, 4.69) is 60.0 Å². The van der Waals surface area contributed by atoms with Gasteiger partial charge >= 0.3 is 0 Å². The molecule has 29 heavy (non-hydrogen) atoms. The number of rotatable bonds is 10. The molecule has 1 aromatic carbocycles. The summed E-state index contributed by atoms with van der Waals surface area (Å²) in [7, 11) is 0. The largest absolute Gasteiger partial charge is 0.356 e. The van der Waals surface area contributed by atoms with E-state index in [1.54, 1.807) is 0 Å². The van der Waals surface area contributed by atoms with Gasteiger partial charge in [-0.1, -0.05) is 42.5 Å². The lowest BCUT2D eigenvalue weighted by Gasteiger charge is -2.12. The maximum atomic E-state index is 12.3. The van der Waals surface area contributed by atoms with Crippen molar-refractivity contribution in [2.45, 2.75) is 51.9 Å². The van der Waals surface area contributed by atoms with Gasteiger partial charge in [-0.25, -0.2) is 0 Å². The molecule has 3 nitrogen and oxygen atoms in total. The van der Waals surface area contributed by atoms with Crippen molar-refractivity contribution < 1.29 is 9.59 Å². The number of amides is 1. The molecule has 0 radical (unpaired) electrons. The van der Waals surface area contributed by atoms with Crippen molar-refractivity contribution in [1.82, 2.24) is 5.32 Å². The van der Waals surface area contributed by atoms with Gasteiger partial charge in [-0.05, 0) is 62.5 Å². The third-order valence-corrected chi connectivity index (χ3v) is 6.68. The van der Waals surface area contributed by atoms with E-state index in [0.717, 1.165) is 32.1 Å². The number of unbranched alkanes of at least 4 members (excludes halogenated alkanes) is 1. The summed E-state index contributed by atoms with van der Waals surface area (Å²) >= 11 is 1.85. The number of carbonyl (C=O) groups excluding carboxylic acids is 2. The van der Waals surface area contributed by atoms with Crippen molar-refractivity contribution in [3.63, 3.8) is 0 Å². The number of thiophene rings is 1. The van der Waals surface area contributed by atoms with Gasteiger partial charge in [0.25, 0.3) is 0 Å². The molecule has 2 atom stereocenters. The maximum absolute atomic E-state index is 12.3. The Morgan fingerprint density at radius 1 is 1.24 bits per heavy atom. The minimum Gasteiger partial charge on any atom is -0.356 e. The third kappa shape index (κ3) is 6.40. The smallest absolute Gasteiger partial charge is 0.219 e. The third-order valence-electron chi connectivity index (χ3n) is 5.54. The first-order valence-electron chi connectivity index (χ1n) is 10.8. The Morgan fingerprint density at radius 3 is 2.93 bits per heavy atom. The van der Waals surface area contributed by atoms with Gasteiger partial charge in [0.2, 0.25) is 5.91 Å². The van der Waals surface area contributed by atoms with E-state index in [4.69, 9.17) is 0 Å². The van der Waals surface area contributed by atoms with Gasteiger partial charge < -0.3 is 5.32 Å². The number of allylic oxidation sites excluding steroid dienone is 4. The van der Waals surface area contributed by atoms with E-state index in [1.165, 1.54) is 15.0 Å². The average molecular weight is 410 g/mol. The van der Waals surface area contributed by atoms with Crippen molar-refractivity contribution in [1.29, 1.82) is 0 Å². The lowest BCUT2D eigenvalue weighted by atomic mass is 9.91. The standard InChI is InChI=1S/C25H31NO2S/c1-2-26-25(28)15-6-4-3-5-13-22-19(16-17-23(22)27)11-9-12-21-18-20-10-7-8-14-24(20)29-21/h3,5,7-11,14,18-19,22H,2,4,6,12-13,15-17H2,1H3,(H,26,28)/b5-3-,11-9+/t19?,22-/m1/s1. The highest BCUT2D eigenvalue weighted by atomic mass is 32.1. The van der Waals surface area contributed by atoms with E-state index < -0.39 is 0 Å². The highest BCUT2D eigenvalue weighted by Gasteiger charge is 2.31. The van der Waals surface area contributed by atoms with Gasteiger partial charge in [0.15, 0.2) is 0 Å². The molecular weight excluding hydrogens is 378 g/mol. The topological polar surface area (TPSA) is 46.2 Å². The zero-order valence-corrected chi connectivity index (χ0v) is 18.0. The molecule has 1 aliphatic carbocycles. The zero-order valence-electron chi connectivity index (χ0n) is 17.2. The molecule has 154 valence electrons. The predicted octanol–water partition coefficient (Wildman–Crippen LogP) is 5.85. The summed E-state index contributed by atoms with van der Waals surface area (Å²) in [6.45, 7) is 2.63. The van der Waals surface area contributed by atoms with Crippen molar-refractivity contribution in [3.05, 3.63) is 59.5 Å². The minimum absolute atomic E-state index is 0.119. The Morgan fingerprint density at radius 2 is 2.10 bits per heavy atom. The summed E-state index contributed by atoms with van der Waals surface area (Å²) in [5.74, 6) is 0.995. The van der Waals surface area contributed by atoms with Gasteiger partial charge in [-0.3, -0.25) is 9.59 Å². The lowest BCUT2D eigenvalue weighted by Crippen LogP contribution is -2.21. The summed E-state index contributed by atoms with van der Waals surface area (Å²) in [6, 6.07) is 10.8. The van der Waals surface area contributed by atoms with Crippen LogP contribution in [0.25, 0.3) is 10.1 Å². The predicted molar refractivity (Wildman–Crippen MR) is 122 cm³/mol. The number of carbonyl (C=O) groups is 2. The molecule has 1 aliphatic rings. The van der Waals surface area contributed by atoms with Crippen molar-refractivity contribution in [2.24, 2.45) is 11.8 Å². The van der Waals surface area contributed by atoms with E-state index in [0.29, 0.717) is 31.1 Å². The molecule has 1 saturated carbocycles. The van der Waals surface area contributed by atoms with E-state index in [9.17, 15) is 9.59 Å². The quantitative estimate of drug-likeness (QED) is 0.395. The van der Waals surface area contributed by atoms with Crippen LogP contribution in [-0.2, 0) is 16.0 Å². The van der Waals surface area contributed by atoms with Gasteiger partial charge in [-0.15, -0.1) is 11.3 Å². The Kier molecular flexibility index (Phi) is 8.24. The van der Waals surface area contributed by atoms with Gasteiger partial charge in [-0.2, -0.15) is 0 Å². The molecule has 1 N–H and O–H groups in total. The number of nitrogens with one attached hydrogen (secondary N) is 1. The molecule has 1 fully saturated rings. The number of ketones is 1. The van der Waals surface area contributed by atoms with Crippen molar-refractivity contribution in [2.75, 3.05) is 6.54 Å². The number of Topliss-reactive ketones (excluding diaryl/α,β-unsaturated/α-hetero) is 1. The van der Waals surface area contributed by atoms with E-state index in [1.807, 2.05) is 18.3 Å². The Labute approximate surface area is 177 Å². The highest BCUT2D eigenvalue weighted by Crippen LogP contribution is 2.33. The Balaban J connectivity index is 1.45. The molecule has 0 aliphatic heterocycles.